The number of rotatable bonds is 4. The van der Waals surface area contributed by atoms with Crippen LogP contribution in [0.4, 0.5) is 11.8 Å². The molecule has 118 valence electrons. The van der Waals surface area contributed by atoms with E-state index in [9.17, 15) is 0 Å². The van der Waals surface area contributed by atoms with Crippen molar-refractivity contribution in [3.05, 3.63) is 18.0 Å². The van der Waals surface area contributed by atoms with Crippen molar-refractivity contribution in [1.29, 1.82) is 5.26 Å². The van der Waals surface area contributed by atoms with Gasteiger partial charge in [0.1, 0.15) is 17.3 Å². The average Bonchev–Trinajstić information content (AvgIpc) is 3.06. The number of nitriles is 1. The highest BCUT2D eigenvalue weighted by Gasteiger charge is 2.63. The van der Waals surface area contributed by atoms with Gasteiger partial charge in [-0.25, -0.2) is 15.0 Å². The topological polar surface area (TPSA) is 86.5 Å². The minimum Gasteiger partial charge on any atom is -0.366 e. The van der Waals surface area contributed by atoms with Crippen molar-refractivity contribution in [3.8, 4) is 6.07 Å². The van der Waals surface area contributed by atoms with Crippen LogP contribution in [0.1, 0.15) is 39.3 Å². The Hall–Kier alpha value is -2.42. The summed E-state index contributed by atoms with van der Waals surface area (Å²) in [5, 5.41) is 16.7. The Morgan fingerprint density at radius 2 is 2.17 bits per heavy atom. The van der Waals surface area contributed by atoms with E-state index >= 15 is 0 Å². The molecule has 0 spiro atoms. The molecule has 0 aromatic carbocycles. The predicted octanol–water partition coefficient (Wildman–Crippen LogP) is 2.93. The predicted molar refractivity (Wildman–Crippen MR) is 89.0 cm³/mol. The maximum absolute atomic E-state index is 9.13. The Morgan fingerprint density at radius 3 is 2.78 bits per heavy atom. The molecule has 2 aromatic rings. The molecule has 0 radical (unpaired) electrons. The number of aromatic nitrogens is 3. The summed E-state index contributed by atoms with van der Waals surface area (Å²) in [4.78, 5) is 13.4. The van der Waals surface area contributed by atoms with Crippen molar-refractivity contribution < 1.29 is 0 Å². The Labute approximate surface area is 135 Å². The first-order valence-electron chi connectivity index (χ1n) is 8.09. The van der Waals surface area contributed by atoms with Gasteiger partial charge in [-0.15, -0.1) is 0 Å². The van der Waals surface area contributed by atoms with Gasteiger partial charge in [0.25, 0.3) is 0 Å². The van der Waals surface area contributed by atoms with Crippen molar-refractivity contribution in [2.24, 2.45) is 11.3 Å². The monoisotopic (exact) mass is 308 g/mol. The SMILES string of the molecule is CC(C)Nc1nc(C#N)cc2cnc(N[C@H]3C[C@]4(C)CC34)nc12. The maximum Gasteiger partial charge on any atom is 0.223 e. The van der Waals surface area contributed by atoms with E-state index in [0.717, 1.165) is 16.8 Å². The molecule has 2 aliphatic rings. The smallest absolute Gasteiger partial charge is 0.223 e. The van der Waals surface area contributed by atoms with E-state index in [2.05, 4.69) is 38.6 Å². The van der Waals surface area contributed by atoms with Crippen molar-refractivity contribution in [3.63, 3.8) is 0 Å². The number of pyridine rings is 1. The standard InChI is InChI=1S/C17H20N6/c1-9(2)20-15-14-10(4-11(7-18)21-15)8-19-16(23-14)22-13-6-17(3)5-12(13)17/h4,8-9,12-13H,5-6H2,1-3H3,(H,20,21)(H,19,22,23)/t12?,13-,17-/m0/s1. The fourth-order valence-electron chi connectivity index (χ4n) is 3.65. The number of nitrogens with one attached hydrogen (secondary N) is 2. The highest BCUT2D eigenvalue weighted by Crippen LogP contribution is 2.67. The van der Waals surface area contributed by atoms with Crippen LogP contribution in [0.25, 0.3) is 10.9 Å². The summed E-state index contributed by atoms with van der Waals surface area (Å²) in [5.74, 6) is 2.06. The second-order valence-electron chi connectivity index (χ2n) is 7.32. The van der Waals surface area contributed by atoms with Crippen molar-refractivity contribution >= 4 is 22.7 Å². The van der Waals surface area contributed by atoms with Crippen LogP contribution in [0, 0.1) is 22.7 Å². The molecule has 0 amide bonds. The molecule has 0 bridgehead atoms. The van der Waals surface area contributed by atoms with Gasteiger partial charge in [-0.1, -0.05) is 6.92 Å². The number of hydrogen-bond donors (Lipinski definition) is 2. The third-order valence-corrected chi connectivity index (χ3v) is 5.01. The zero-order chi connectivity index (χ0) is 16.2. The van der Waals surface area contributed by atoms with Crippen molar-refractivity contribution in [2.75, 3.05) is 10.6 Å². The summed E-state index contributed by atoms with van der Waals surface area (Å²) in [6.45, 7) is 6.42. The number of anilines is 2. The second kappa shape index (κ2) is 4.79. The van der Waals surface area contributed by atoms with Crippen LogP contribution in [0.3, 0.4) is 0 Å². The molecule has 2 saturated carbocycles. The van der Waals surface area contributed by atoms with Gasteiger partial charge >= 0.3 is 0 Å². The molecule has 2 aliphatic carbocycles. The average molecular weight is 308 g/mol. The molecule has 3 atom stereocenters. The Morgan fingerprint density at radius 1 is 1.35 bits per heavy atom. The summed E-state index contributed by atoms with van der Waals surface area (Å²) in [6.07, 6.45) is 4.27. The van der Waals surface area contributed by atoms with Crippen LogP contribution in [0.2, 0.25) is 0 Å². The van der Waals surface area contributed by atoms with Crippen LogP contribution >= 0.6 is 0 Å². The van der Waals surface area contributed by atoms with Gasteiger partial charge in [0.15, 0.2) is 5.82 Å². The maximum atomic E-state index is 9.13. The Balaban J connectivity index is 1.67. The summed E-state index contributed by atoms with van der Waals surface area (Å²) in [6, 6.07) is 4.52. The number of fused-ring (bicyclic) bond motifs is 2. The van der Waals surface area contributed by atoms with Crippen LogP contribution in [-0.2, 0) is 0 Å². The molecule has 2 aromatic heterocycles. The fraction of sp³-hybridized carbons (Fsp3) is 0.529. The van der Waals surface area contributed by atoms with Crippen LogP contribution < -0.4 is 10.6 Å². The molecule has 6 nitrogen and oxygen atoms in total. The molecule has 23 heavy (non-hydrogen) atoms. The molecule has 6 heteroatoms. The lowest BCUT2D eigenvalue weighted by Gasteiger charge is -2.32. The molecule has 4 rings (SSSR count). The first-order valence-corrected chi connectivity index (χ1v) is 8.09. The van der Waals surface area contributed by atoms with E-state index in [1.165, 1.54) is 12.8 Å². The van der Waals surface area contributed by atoms with Gasteiger partial charge in [0.05, 0.1) is 0 Å². The third kappa shape index (κ3) is 2.37. The van der Waals surface area contributed by atoms with Crippen molar-refractivity contribution in [1.82, 2.24) is 15.0 Å². The summed E-state index contributed by atoms with van der Waals surface area (Å²) >= 11 is 0. The molecule has 0 saturated heterocycles. The van der Waals surface area contributed by atoms with Gasteiger partial charge in [-0.05, 0) is 44.1 Å². The lowest BCUT2D eigenvalue weighted by molar-refractivity contribution is 0.289. The second-order valence-corrected chi connectivity index (χ2v) is 7.32. The zero-order valence-corrected chi connectivity index (χ0v) is 13.6. The lowest BCUT2D eigenvalue weighted by atomic mass is 9.82. The first kappa shape index (κ1) is 14.2. The minimum absolute atomic E-state index is 0.213. The van der Waals surface area contributed by atoms with E-state index in [1.807, 2.05) is 13.8 Å². The van der Waals surface area contributed by atoms with E-state index in [1.54, 1.807) is 12.3 Å². The van der Waals surface area contributed by atoms with Crippen molar-refractivity contribution in [2.45, 2.75) is 45.7 Å². The van der Waals surface area contributed by atoms with E-state index in [0.29, 0.717) is 28.9 Å². The van der Waals surface area contributed by atoms with Gasteiger partial charge in [0.2, 0.25) is 5.95 Å². The minimum atomic E-state index is 0.213. The molecule has 2 fully saturated rings. The molecule has 2 heterocycles. The molecular formula is C17H20N6. The highest BCUT2D eigenvalue weighted by molar-refractivity contribution is 5.89. The lowest BCUT2D eigenvalue weighted by Crippen LogP contribution is -2.36. The third-order valence-electron chi connectivity index (χ3n) is 5.01. The number of hydrogen-bond acceptors (Lipinski definition) is 6. The normalized spacial score (nSPS) is 28.0. The van der Waals surface area contributed by atoms with Gasteiger partial charge in [-0.2, -0.15) is 5.26 Å². The summed E-state index contributed by atoms with van der Waals surface area (Å²) < 4.78 is 0. The summed E-state index contributed by atoms with van der Waals surface area (Å²) in [7, 11) is 0. The van der Waals surface area contributed by atoms with Gasteiger partial charge < -0.3 is 10.6 Å². The Kier molecular flexibility index (Phi) is 2.95. The van der Waals surface area contributed by atoms with Crippen LogP contribution in [-0.4, -0.2) is 27.0 Å². The molecule has 2 N–H and O–H groups in total. The fourth-order valence-corrected chi connectivity index (χ4v) is 3.65. The highest BCUT2D eigenvalue weighted by atomic mass is 15.2. The summed E-state index contributed by atoms with van der Waals surface area (Å²) in [5.41, 5.74) is 1.70. The molecular weight excluding hydrogens is 288 g/mol. The van der Waals surface area contributed by atoms with Gasteiger partial charge in [-0.3, -0.25) is 0 Å². The quantitative estimate of drug-likeness (QED) is 0.903. The zero-order valence-electron chi connectivity index (χ0n) is 13.6. The molecule has 1 unspecified atom stereocenters. The first-order chi connectivity index (χ1) is 11.0. The number of nitrogens with zero attached hydrogens (tertiary/aromatic N) is 4. The molecule has 0 aliphatic heterocycles. The largest absolute Gasteiger partial charge is 0.366 e. The Bertz CT molecular complexity index is 824. The van der Waals surface area contributed by atoms with E-state index < -0.39 is 0 Å². The van der Waals surface area contributed by atoms with Crippen LogP contribution in [0.5, 0.6) is 0 Å². The van der Waals surface area contributed by atoms with E-state index in [-0.39, 0.29) is 6.04 Å². The van der Waals surface area contributed by atoms with Crippen LogP contribution in [0.15, 0.2) is 12.3 Å². The van der Waals surface area contributed by atoms with E-state index in [4.69, 9.17) is 5.26 Å². The van der Waals surface area contributed by atoms with Gasteiger partial charge in [0, 0.05) is 23.7 Å².